The molecule has 0 amide bonds. The van der Waals surface area contributed by atoms with E-state index in [4.69, 9.17) is 0 Å². The van der Waals surface area contributed by atoms with Gasteiger partial charge in [0.1, 0.15) is 0 Å². The van der Waals surface area contributed by atoms with Crippen molar-refractivity contribution in [2.75, 3.05) is 5.32 Å². The molecule has 3 aromatic carbocycles. The van der Waals surface area contributed by atoms with Crippen LogP contribution < -0.4 is 5.32 Å². The van der Waals surface area contributed by atoms with Crippen LogP contribution >= 0.6 is 0 Å². The van der Waals surface area contributed by atoms with E-state index in [1.54, 1.807) is 0 Å². The second-order valence-electron chi connectivity index (χ2n) is 5.84. The molecule has 0 unspecified atom stereocenters. The van der Waals surface area contributed by atoms with Crippen LogP contribution in [0.25, 0.3) is 11.8 Å². The molecule has 0 aromatic heterocycles. The fourth-order valence-electron chi connectivity index (χ4n) is 2.73. The molecule has 0 saturated carbocycles. The summed E-state index contributed by atoms with van der Waals surface area (Å²) in [5.41, 5.74) is 7.10. The molecule has 114 valence electrons. The third-order valence-electron chi connectivity index (χ3n) is 3.70. The van der Waals surface area contributed by atoms with Crippen molar-refractivity contribution in [1.82, 2.24) is 0 Å². The van der Waals surface area contributed by atoms with Gasteiger partial charge in [-0.25, -0.2) is 0 Å². The smallest absolute Gasteiger partial charge is 0.0463 e. The Morgan fingerprint density at radius 3 is 1.91 bits per heavy atom. The molecule has 0 radical (unpaired) electrons. The largest absolute Gasteiger partial charge is 0.355 e. The van der Waals surface area contributed by atoms with Crippen LogP contribution in [0.5, 0.6) is 0 Å². The number of hydrogen-bond donors (Lipinski definition) is 1. The van der Waals surface area contributed by atoms with Crippen LogP contribution in [-0.2, 0) is 0 Å². The number of anilines is 1. The standard InChI is InChI=1S/C22H21N/c1-17-13-18(2)15-21(14-17)23-22(20-11-7-4-8-12-20)16-19-9-5-3-6-10-19/h3-16,23H,1-2H3/b22-16+. The van der Waals surface area contributed by atoms with Gasteiger partial charge < -0.3 is 5.32 Å². The zero-order valence-electron chi connectivity index (χ0n) is 13.6. The molecule has 0 fully saturated rings. The minimum Gasteiger partial charge on any atom is -0.355 e. The molecule has 3 rings (SSSR count). The fourth-order valence-corrected chi connectivity index (χ4v) is 2.73. The Balaban J connectivity index is 2.00. The van der Waals surface area contributed by atoms with Gasteiger partial charge in [0.15, 0.2) is 0 Å². The Bertz CT molecular complexity index is 782. The van der Waals surface area contributed by atoms with Crippen molar-refractivity contribution in [2.45, 2.75) is 13.8 Å². The lowest BCUT2D eigenvalue weighted by atomic mass is 10.1. The molecule has 0 atom stereocenters. The average Bonchev–Trinajstić information content (AvgIpc) is 2.55. The first-order valence-corrected chi connectivity index (χ1v) is 7.88. The van der Waals surface area contributed by atoms with Gasteiger partial charge >= 0.3 is 0 Å². The normalized spacial score (nSPS) is 11.3. The molecule has 0 spiro atoms. The van der Waals surface area contributed by atoms with Gasteiger partial charge in [-0.1, -0.05) is 66.7 Å². The van der Waals surface area contributed by atoms with Crippen LogP contribution in [0.3, 0.4) is 0 Å². The highest BCUT2D eigenvalue weighted by molar-refractivity contribution is 5.88. The average molecular weight is 299 g/mol. The number of aryl methyl sites for hydroxylation is 2. The summed E-state index contributed by atoms with van der Waals surface area (Å²) in [6.07, 6.45) is 2.19. The van der Waals surface area contributed by atoms with E-state index >= 15 is 0 Å². The lowest BCUT2D eigenvalue weighted by molar-refractivity contribution is 1.38. The Hall–Kier alpha value is -2.80. The van der Waals surface area contributed by atoms with Crippen molar-refractivity contribution in [3.63, 3.8) is 0 Å². The minimum absolute atomic E-state index is 1.10. The number of hydrogen-bond acceptors (Lipinski definition) is 1. The quantitative estimate of drug-likeness (QED) is 0.590. The third-order valence-corrected chi connectivity index (χ3v) is 3.70. The van der Waals surface area contributed by atoms with E-state index in [-0.39, 0.29) is 0 Å². The number of rotatable bonds is 4. The predicted molar refractivity (Wildman–Crippen MR) is 100 cm³/mol. The first-order chi connectivity index (χ1) is 11.2. The number of benzene rings is 3. The van der Waals surface area contributed by atoms with Gasteiger partial charge in [0.05, 0.1) is 0 Å². The predicted octanol–water partition coefficient (Wildman–Crippen LogP) is 5.91. The van der Waals surface area contributed by atoms with Crippen LogP contribution in [0.15, 0.2) is 78.9 Å². The maximum absolute atomic E-state index is 3.59. The van der Waals surface area contributed by atoms with Gasteiger partial charge in [0, 0.05) is 11.4 Å². The lowest BCUT2D eigenvalue weighted by Crippen LogP contribution is -1.99. The van der Waals surface area contributed by atoms with Gasteiger partial charge in [-0.15, -0.1) is 0 Å². The van der Waals surface area contributed by atoms with Gasteiger partial charge in [0.25, 0.3) is 0 Å². The molecule has 0 aliphatic heterocycles. The molecule has 1 N–H and O–H groups in total. The van der Waals surface area contributed by atoms with Crippen molar-refractivity contribution in [3.05, 3.63) is 101 Å². The highest BCUT2D eigenvalue weighted by Crippen LogP contribution is 2.23. The summed E-state index contributed by atoms with van der Waals surface area (Å²) in [6.45, 7) is 4.25. The van der Waals surface area contributed by atoms with Crippen LogP contribution in [0, 0.1) is 13.8 Å². The van der Waals surface area contributed by atoms with Crippen LogP contribution in [0.4, 0.5) is 5.69 Å². The van der Waals surface area contributed by atoms with Crippen molar-refractivity contribution < 1.29 is 0 Å². The van der Waals surface area contributed by atoms with Gasteiger partial charge in [-0.2, -0.15) is 0 Å². The molecular formula is C22H21N. The SMILES string of the molecule is Cc1cc(C)cc(N/C(=C/c2ccccc2)c2ccccc2)c1. The topological polar surface area (TPSA) is 12.0 Å². The van der Waals surface area contributed by atoms with Gasteiger partial charge in [-0.3, -0.25) is 0 Å². The highest BCUT2D eigenvalue weighted by atomic mass is 14.9. The van der Waals surface area contributed by atoms with E-state index < -0.39 is 0 Å². The molecule has 3 aromatic rings. The second-order valence-corrected chi connectivity index (χ2v) is 5.84. The van der Waals surface area contributed by atoms with E-state index in [2.05, 4.69) is 92.0 Å². The monoisotopic (exact) mass is 299 g/mol. The first-order valence-electron chi connectivity index (χ1n) is 7.88. The molecule has 0 bridgehead atoms. The Morgan fingerprint density at radius 2 is 1.30 bits per heavy atom. The van der Waals surface area contributed by atoms with Crippen molar-refractivity contribution in [3.8, 4) is 0 Å². The molecule has 1 heteroatoms. The zero-order chi connectivity index (χ0) is 16.1. The Kier molecular flexibility index (Phi) is 4.58. The summed E-state index contributed by atoms with van der Waals surface area (Å²) in [5.74, 6) is 0. The van der Waals surface area contributed by atoms with E-state index in [1.807, 2.05) is 12.1 Å². The van der Waals surface area contributed by atoms with Crippen molar-refractivity contribution in [1.29, 1.82) is 0 Å². The van der Waals surface area contributed by atoms with E-state index in [0.29, 0.717) is 0 Å². The first kappa shape index (κ1) is 15.1. The summed E-state index contributed by atoms with van der Waals surface area (Å²) in [7, 11) is 0. The highest BCUT2D eigenvalue weighted by Gasteiger charge is 2.03. The molecule has 0 aliphatic rings. The van der Waals surface area contributed by atoms with Gasteiger partial charge in [-0.05, 0) is 54.3 Å². The maximum Gasteiger partial charge on any atom is 0.0463 e. The van der Waals surface area contributed by atoms with Crippen LogP contribution in [-0.4, -0.2) is 0 Å². The summed E-state index contributed by atoms with van der Waals surface area (Å²) in [6, 6.07) is 27.4. The van der Waals surface area contributed by atoms with E-state index in [9.17, 15) is 0 Å². The Labute approximate surface area is 138 Å². The molecule has 1 nitrogen and oxygen atoms in total. The number of nitrogens with one attached hydrogen (secondary N) is 1. The minimum atomic E-state index is 1.10. The van der Waals surface area contributed by atoms with E-state index in [1.165, 1.54) is 22.3 Å². The zero-order valence-corrected chi connectivity index (χ0v) is 13.6. The lowest BCUT2D eigenvalue weighted by Gasteiger charge is -2.13. The molecule has 0 saturated heterocycles. The van der Waals surface area contributed by atoms with Gasteiger partial charge in [0.2, 0.25) is 0 Å². The van der Waals surface area contributed by atoms with E-state index in [0.717, 1.165) is 11.4 Å². The third kappa shape index (κ3) is 4.10. The fraction of sp³-hybridized carbons (Fsp3) is 0.0909. The van der Waals surface area contributed by atoms with Crippen LogP contribution in [0.2, 0.25) is 0 Å². The summed E-state index contributed by atoms with van der Waals surface area (Å²) in [4.78, 5) is 0. The van der Waals surface area contributed by atoms with Crippen molar-refractivity contribution in [2.24, 2.45) is 0 Å². The summed E-state index contributed by atoms with van der Waals surface area (Å²) < 4.78 is 0. The molecule has 0 heterocycles. The van der Waals surface area contributed by atoms with Crippen molar-refractivity contribution >= 4 is 17.5 Å². The second kappa shape index (κ2) is 6.97. The summed E-state index contributed by atoms with van der Waals surface area (Å²) >= 11 is 0. The molecule has 0 aliphatic carbocycles. The Morgan fingerprint density at radius 1 is 0.739 bits per heavy atom. The maximum atomic E-state index is 3.59. The molecule has 23 heavy (non-hydrogen) atoms. The molecular weight excluding hydrogens is 278 g/mol. The summed E-state index contributed by atoms with van der Waals surface area (Å²) in [5, 5.41) is 3.59. The van der Waals surface area contributed by atoms with Crippen LogP contribution in [0.1, 0.15) is 22.3 Å².